The Morgan fingerprint density at radius 2 is 1.33 bits per heavy atom. The highest BCUT2D eigenvalue weighted by atomic mass is 16.5. The van der Waals surface area contributed by atoms with Gasteiger partial charge >= 0.3 is 0 Å². The summed E-state index contributed by atoms with van der Waals surface area (Å²) in [4.78, 5) is 4.71. The lowest BCUT2D eigenvalue weighted by Crippen LogP contribution is -2.12. The number of nitrogens with zero attached hydrogens (tertiary/aromatic N) is 4. The summed E-state index contributed by atoms with van der Waals surface area (Å²) in [5, 5.41) is 7.10. The quantitative estimate of drug-likeness (QED) is 0.159. The van der Waals surface area contributed by atoms with Crippen molar-refractivity contribution in [1.82, 2.24) is 19.3 Å². The lowest BCUT2D eigenvalue weighted by molar-refractivity contribution is 0.414. The van der Waals surface area contributed by atoms with E-state index in [2.05, 4.69) is 100.0 Å². The number of methoxy groups -OCH3 is 1. The van der Waals surface area contributed by atoms with Gasteiger partial charge in [-0.2, -0.15) is 5.10 Å². The molecule has 0 saturated heterocycles. The highest BCUT2D eigenvalue weighted by molar-refractivity contribution is 6.09. The zero-order chi connectivity index (χ0) is 36.0. The van der Waals surface area contributed by atoms with Crippen molar-refractivity contribution >= 4 is 21.8 Å². The Hall–Kier alpha value is -6.34. The summed E-state index contributed by atoms with van der Waals surface area (Å²) in [6.07, 6.45) is 5.79. The number of aromatic nitrogens is 4. The number of benzene rings is 5. The summed E-state index contributed by atoms with van der Waals surface area (Å²) in [5.74, 6) is 4.61. The van der Waals surface area contributed by atoms with Crippen molar-refractivity contribution in [2.45, 2.75) is 40.0 Å². The maximum Gasteiger partial charge on any atom is 0.141 e. The smallest absolute Gasteiger partial charge is 0.141 e. The molecule has 0 unspecified atom stereocenters. The fourth-order valence-corrected chi connectivity index (χ4v) is 6.91. The predicted molar refractivity (Wildman–Crippen MR) is 209 cm³/mol. The van der Waals surface area contributed by atoms with Gasteiger partial charge < -0.3 is 14.2 Å². The minimum absolute atomic E-state index is 0.125. The number of ether oxygens (including phenoxy) is 3. The van der Waals surface area contributed by atoms with Gasteiger partial charge in [0.25, 0.3) is 0 Å². The van der Waals surface area contributed by atoms with Gasteiger partial charge in [-0.05, 0) is 102 Å². The molecule has 8 rings (SSSR count). The second-order valence-corrected chi connectivity index (χ2v) is 14.2. The summed E-state index contributed by atoms with van der Waals surface area (Å²) in [6, 6.07) is 38.8. The van der Waals surface area contributed by atoms with Gasteiger partial charge in [-0.15, -0.1) is 0 Å². The van der Waals surface area contributed by atoms with Gasteiger partial charge in [0.1, 0.15) is 34.6 Å². The topological polar surface area (TPSA) is 63.3 Å². The van der Waals surface area contributed by atoms with Crippen LogP contribution in [0.1, 0.15) is 37.5 Å². The molecular weight excluding hydrogens is 645 g/mol. The molecule has 3 aromatic heterocycles. The molecular formula is C45H40N4O3. The number of rotatable bonds is 8. The average molecular weight is 685 g/mol. The second-order valence-electron chi connectivity index (χ2n) is 14.2. The van der Waals surface area contributed by atoms with Crippen LogP contribution in [0.2, 0.25) is 0 Å². The molecule has 0 bridgehead atoms. The van der Waals surface area contributed by atoms with E-state index in [0.717, 1.165) is 89.9 Å². The molecule has 0 aliphatic rings. The molecule has 0 atom stereocenters. The van der Waals surface area contributed by atoms with Crippen LogP contribution < -0.4 is 14.2 Å². The number of para-hydroxylation sites is 2. The maximum atomic E-state index is 6.69. The molecule has 0 N–H and O–H groups in total. The minimum atomic E-state index is -0.125. The van der Waals surface area contributed by atoms with Crippen LogP contribution in [0.5, 0.6) is 28.7 Å². The van der Waals surface area contributed by atoms with Crippen molar-refractivity contribution in [3.05, 3.63) is 151 Å². The van der Waals surface area contributed by atoms with Crippen LogP contribution in [0.4, 0.5) is 0 Å². The highest BCUT2D eigenvalue weighted by Crippen LogP contribution is 2.38. The summed E-state index contributed by atoms with van der Waals surface area (Å²) in [5.41, 5.74) is 8.41. The van der Waals surface area contributed by atoms with Crippen molar-refractivity contribution in [2.24, 2.45) is 0 Å². The second kappa shape index (κ2) is 13.1. The highest BCUT2D eigenvalue weighted by Gasteiger charge is 2.19. The molecule has 7 nitrogen and oxygen atoms in total. The third-order valence-corrected chi connectivity index (χ3v) is 9.44. The predicted octanol–water partition coefficient (Wildman–Crippen LogP) is 11.5. The Morgan fingerprint density at radius 1 is 0.615 bits per heavy atom. The van der Waals surface area contributed by atoms with Gasteiger partial charge in [0.15, 0.2) is 0 Å². The van der Waals surface area contributed by atoms with E-state index in [0.29, 0.717) is 0 Å². The molecule has 52 heavy (non-hydrogen) atoms. The van der Waals surface area contributed by atoms with Crippen LogP contribution in [-0.4, -0.2) is 26.4 Å². The fraction of sp³-hybridized carbons (Fsp3) is 0.156. The number of fused-ring (bicyclic) bond motifs is 3. The third kappa shape index (κ3) is 6.26. The minimum Gasteiger partial charge on any atom is -0.497 e. The Kier molecular flexibility index (Phi) is 8.26. The van der Waals surface area contributed by atoms with Gasteiger partial charge in [-0.25, -0.2) is 9.67 Å². The lowest BCUT2D eigenvalue weighted by Gasteiger charge is -2.21. The molecule has 7 heteroatoms. The summed E-state index contributed by atoms with van der Waals surface area (Å²) in [6.45, 7) is 10.9. The standard InChI is InChI=1S/C45H40N4O3/c1-29-20-37(51-34-12-8-7-9-13-34)21-30(2)44(29)31-27-47-48(28-31)33-22-32(45(3,4)5)23-38(24-33)52-36-16-17-40-39-14-10-11-15-41(39)49(42(40)25-36)43-26-35(50-6)18-19-46-43/h7-28H,1-6H3. The molecule has 8 aromatic rings. The zero-order valence-corrected chi connectivity index (χ0v) is 30.2. The zero-order valence-electron chi connectivity index (χ0n) is 30.2. The summed E-state index contributed by atoms with van der Waals surface area (Å²) in [7, 11) is 1.67. The number of aryl methyl sites for hydroxylation is 2. The summed E-state index contributed by atoms with van der Waals surface area (Å²) >= 11 is 0. The van der Waals surface area contributed by atoms with E-state index in [1.54, 1.807) is 13.3 Å². The van der Waals surface area contributed by atoms with Crippen molar-refractivity contribution in [3.8, 4) is 51.4 Å². The third-order valence-electron chi connectivity index (χ3n) is 9.44. The molecule has 5 aromatic carbocycles. The number of pyridine rings is 1. The van der Waals surface area contributed by atoms with Gasteiger partial charge in [-0.1, -0.05) is 57.2 Å². The van der Waals surface area contributed by atoms with Crippen LogP contribution in [0.3, 0.4) is 0 Å². The molecule has 3 heterocycles. The van der Waals surface area contributed by atoms with E-state index in [9.17, 15) is 0 Å². The first kappa shape index (κ1) is 32.8. The summed E-state index contributed by atoms with van der Waals surface area (Å²) < 4.78 is 22.5. The van der Waals surface area contributed by atoms with E-state index in [4.69, 9.17) is 24.3 Å². The molecule has 0 saturated carbocycles. The van der Waals surface area contributed by atoms with Gasteiger partial charge in [0.05, 0.1) is 30.0 Å². The van der Waals surface area contributed by atoms with Crippen molar-refractivity contribution < 1.29 is 14.2 Å². The Labute approximate surface area is 303 Å². The Morgan fingerprint density at radius 3 is 2.10 bits per heavy atom. The van der Waals surface area contributed by atoms with Crippen LogP contribution in [0.15, 0.2) is 134 Å². The van der Waals surface area contributed by atoms with E-state index in [-0.39, 0.29) is 5.41 Å². The van der Waals surface area contributed by atoms with E-state index >= 15 is 0 Å². The number of hydrogen-bond acceptors (Lipinski definition) is 5. The Balaban J connectivity index is 1.16. The number of hydrogen-bond donors (Lipinski definition) is 0. The molecule has 0 radical (unpaired) electrons. The SMILES string of the molecule is COc1ccnc(-n2c3ccccc3c3ccc(Oc4cc(-n5cc(-c6c(C)cc(Oc7ccccc7)cc6C)cn5)cc(C(C)(C)C)c4)cc32)c1. The van der Waals surface area contributed by atoms with Crippen molar-refractivity contribution in [3.63, 3.8) is 0 Å². The van der Waals surface area contributed by atoms with Crippen molar-refractivity contribution in [2.75, 3.05) is 7.11 Å². The molecule has 0 amide bonds. The fourth-order valence-electron chi connectivity index (χ4n) is 6.91. The first-order valence-corrected chi connectivity index (χ1v) is 17.4. The van der Waals surface area contributed by atoms with Crippen LogP contribution in [0.25, 0.3) is 44.4 Å². The van der Waals surface area contributed by atoms with Gasteiger partial charge in [-0.3, -0.25) is 4.57 Å². The lowest BCUT2D eigenvalue weighted by atomic mass is 9.86. The largest absolute Gasteiger partial charge is 0.497 e. The van der Waals surface area contributed by atoms with E-state index in [1.165, 1.54) is 0 Å². The van der Waals surface area contributed by atoms with E-state index < -0.39 is 0 Å². The Bertz CT molecular complexity index is 2550. The normalized spacial score (nSPS) is 11.7. The average Bonchev–Trinajstić information content (AvgIpc) is 3.74. The van der Waals surface area contributed by atoms with Gasteiger partial charge in [0.2, 0.25) is 0 Å². The molecule has 0 spiro atoms. The first-order chi connectivity index (χ1) is 25.1. The van der Waals surface area contributed by atoms with Gasteiger partial charge in [0, 0.05) is 46.9 Å². The monoisotopic (exact) mass is 684 g/mol. The van der Waals surface area contributed by atoms with E-state index in [1.807, 2.05) is 71.5 Å². The van der Waals surface area contributed by atoms with Crippen LogP contribution in [-0.2, 0) is 5.41 Å². The van der Waals surface area contributed by atoms with Crippen molar-refractivity contribution in [1.29, 1.82) is 0 Å². The molecule has 0 aliphatic carbocycles. The molecule has 258 valence electrons. The van der Waals surface area contributed by atoms with Crippen LogP contribution >= 0.6 is 0 Å². The molecule has 0 aliphatic heterocycles. The van der Waals surface area contributed by atoms with Crippen LogP contribution in [0, 0.1) is 13.8 Å². The first-order valence-electron chi connectivity index (χ1n) is 17.4. The molecule has 0 fully saturated rings. The maximum absolute atomic E-state index is 6.69.